The largest absolute Gasteiger partial charge is 0.294 e. The lowest BCUT2D eigenvalue weighted by atomic mass is 9.92. The van der Waals surface area contributed by atoms with Crippen LogP contribution in [0.2, 0.25) is 0 Å². The zero-order chi connectivity index (χ0) is 19.0. The van der Waals surface area contributed by atoms with E-state index in [4.69, 9.17) is 0 Å². The van der Waals surface area contributed by atoms with Crippen LogP contribution in [0.25, 0.3) is 0 Å². The first-order chi connectivity index (χ1) is 12.3. The number of ketones is 1. The molecule has 1 aliphatic rings. The van der Waals surface area contributed by atoms with Gasteiger partial charge in [-0.1, -0.05) is 29.2 Å². The van der Waals surface area contributed by atoms with E-state index in [0.717, 1.165) is 39.6 Å². The number of anilines is 1. The van der Waals surface area contributed by atoms with E-state index in [2.05, 4.69) is 23.2 Å². The Morgan fingerprint density at radius 1 is 1.19 bits per heavy atom. The van der Waals surface area contributed by atoms with Gasteiger partial charge in [-0.25, -0.2) is 0 Å². The fourth-order valence-electron chi connectivity index (χ4n) is 3.36. The third-order valence-corrected chi connectivity index (χ3v) is 6.76. The average Bonchev–Trinajstić information content (AvgIpc) is 3.24. The van der Waals surface area contributed by atoms with E-state index in [-0.39, 0.29) is 17.7 Å². The summed E-state index contributed by atoms with van der Waals surface area (Å²) in [5.74, 6) is 0.860. The third-order valence-electron chi connectivity index (χ3n) is 4.68. The molecule has 26 heavy (non-hydrogen) atoms. The fraction of sp³-hybridized carbons (Fsp3) is 0.474. The zero-order valence-electron chi connectivity index (χ0n) is 15.8. The highest BCUT2D eigenvalue weighted by Gasteiger charge is 2.34. The highest BCUT2D eigenvalue weighted by Crippen LogP contribution is 2.37. The van der Waals surface area contributed by atoms with Gasteiger partial charge in [0.25, 0.3) is 0 Å². The smallest absolute Gasteiger partial charge is 0.225 e. The van der Waals surface area contributed by atoms with Crippen LogP contribution in [0.4, 0.5) is 5.13 Å². The van der Waals surface area contributed by atoms with Crippen molar-refractivity contribution in [2.24, 2.45) is 0 Å². The summed E-state index contributed by atoms with van der Waals surface area (Å²) >= 11 is 3.07. The van der Waals surface area contributed by atoms with Gasteiger partial charge >= 0.3 is 0 Å². The summed E-state index contributed by atoms with van der Waals surface area (Å²) in [6, 6.07) is 2.37. The second-order valence-corrected chi connectivity index (χ2v) is 8.98. The molecule has 0 unspecified atom stereocenters. The molecule has 1 fully saturated rings. The lowest BCUT2D eigenvalue weighted by molar-refractivity contribution is -0.116. The molecule has 1 saturated carbocycles. The summed E-state index contributed by atoms with van der Waals surface area (Å²) < 4.78 is 0.843. The first-order valence-corrected chi connectivity index (χ1v) is 10.5. The molecule has 0 atom stereocenters. The topological polar surface area (TPSA) is 63.2 Å². The number of thioether (sulfide) groups is 1. The van der Waals surface area contributed by atoms with Crippen LogP contribution in [0.1, 0.15) is 59.3 Å². The van der Waals surface area contributed by atoms with E-state index in [1.165, 1.54) is 22.5 Å². The Hall–Kier alpha value is -1.73. The van der Waals surface area contributed by atoms with Gasteiger partial charge in [-0.05, 0) is 62.8 Å². The second-order valence-electron chi connectivity index (χ2n) is 6.80. The van der Waals surface area contributed by atoms with Crippen LogP contribution in [-0.4, -0.2) is 27.9 Å². The van der Waals surface area contributed by atoms with Crippen LogP contribution in [0.15, 0.2) is 10.4 Å². The van der Waals surface area contributed by atoms with E-state index in [9.17, 15) is 9.59 Å². The molecule has 0 aliphatic heterocycles. The second kappa shape index (κ2) is 7.48. The maximum Gasteiger partial charge on any atom is 0.225 e. The number of nitrogens with zero attached hydrogens (tertiary/aromatic N) is 3. The highest BCUT2D eigenvalue weighted by atomic mass is 32.2. The van der Waals surface area contributed by atoms with Gasteiger partial charge in [0.05, 0.1) is 0 Å². The lowest BCUT2D eigenvalue weighted by Crippen LogP contribution is -2.30. The van der Waals surface area contributed by atoms with E-state index >= 15 is 0 Å². The number of carbonyl (C=O) groups is 2. The number of Topliss-reactive ketones (excluding diaryl/α,β-unsaturated/α-hetero) is 1. The van der Waals surface area contributed by atoms with E-state index in [1.54, 1.807) is 30.5 Å². The van der Waals surface area contributed by atoms with Crippen LogP contribution in [-0.2, 0) is 10.5 Å². The van der Waals surface area contributed by atoms with Gasteiger partial charge in [-0.3, -0.25) is 14.5 Å². The van der Waals surface area contributed by atoms with Crippen LogP contribution >= 0.6 is 23.1 Å². The Labute approximate surface area is 162 Å². The molecule has 0 bridgehead atoms. The summed E-state index contributed by atoms with van der Waals surface area (Å²) in [4.78, 5) is 25.6. The number of rotatable bonds is 6. The minimum Gasteiger partial charge on any atom is -0.294 e. The zero-order valence-corrected chi connectivity index (χ0v) is 17.4. The molecular weight excluding hydrogens is 366 g/mol. The molecule has 0 radical (unpaired) electrons. The summed E-state index contributed by atoms with van der Waals surface area (Å²) in [6.07, 6.45) is 2.08. The van der Waals surface area contributed by atoms with Crippen molar-refractivity contribution >= 4 is 39.9 Å². The Kier molecular flexibility index (Phi) is 5.48. The highest BCUT2D eigenvalue weighted by molar-refractivity contribution is 8.00. The van der Waals surface area contributed by atoms with E-state index in [1.807, 2.05) is 13.8 Å². The van der Waals surface area contributed by atoms with Crippen molar-refractivity contribution in [3.05, 3.63) is 33.9 Å². The number of carbonyl (C=O) groups excluding carboxylic acids is 2. The van der Waals surface area contributed by atoms with Gasteiger partial charge in [0.15, 0.2) is 10.1 Å². The predicted molar refractivity (Wildman–Crippen MR) is 106 cm³/mol. The molecule has 0 saturated heterocycles. The number of aryl methyl sites for hydroxylation is 2. The quantitative estimate of drug-likeness (QED) is 0.414. The van der Waals surface area contributed by atoms with E-state index in [0.29, 0.717) is 5.13 Å². The number of benzene rings is 1. The Morgan fingerprint density at radius 3 is 2.46 bits per heavy atom. The molecule has 1 amide bonds. The first-order valence-electron chi connectivity index (χ1n) is 8.66. The molecule has 5 nitrogen and oxygen atoms in total. The van der Waals surface area contributed by atoms with Crippen LogP contribution < -0.4 is 4.90 Å². The van der Waals surface area contributed by atoms with Crippen molar-refractivity contribution in [1.29, 1.82) is 0 Å². The minimum absolute atomic E-state index is 0.0246. The van der Waals surface area contributed by atoms with Crippen LogP contribution in [0, 0.1) is 20.8 Å². The minimum atomic E-state index is 0.0246. The maximum atomic E-state index is 12.0. The Bertz CT molecular complexity index is 872. The molecule has 1 aliphatic carbocycles. The molecular formula is C19H23N3O2S2. The maximum absolute atomic E-state index is 12.0. The molecule has 0 N–H and O–H groups in total. The number of amides is 1. The molecule has 2 aromatic rings. The van der Waals surface area contributed by atoms with Gasteiger partial charge < -0.3 is 0 Å². The summed E-state index contributed by atoms with van der Waals surface area (Å²) in [7, 11) is 0. The SMILES string of the molecule is CC(=O)c1c(C)cc(C)c(CSc2nnc(N(C(C)=O)C3CC3)s2)c1C. The number of hydrogen-bond donors (Lipinski definition) is 0. The average molecular weight is 390 g/mol. The van der Waals surface area contributed by atoms with Gasteiger partial charge in [-0.15, -0.1) is 10.2 Å². The van der Waals surface area contributed by atoms with Crippen molar-refractivity contribution in [3.63, 3.8) is 0 Å². The molecule has 1 heterocycles. The summed E-state index contributed by atoms with van der Waals surface area (Å²) in [5.41, 5.74) is 5.26. The summed E-state index contributed by atoms with van der Waals surface area (Å²) in [6.45, 7) is 9.28. The van der Waals surface area contributed by atoms with Crippen molar-refractivity contribution in [2.45, 2.75) is 63.6 Å². The number of aromatic nitrogens is 2. The molecule has 0 spiro atoms. The summed E-state index contributed by atoms with van der Waals surface area (Å²) in [5, 5.41) is 9.15. The predicted octanol–water partition coefficient (Wildman–Crippen LogP) is 4.47. The first kappa shape index (κ1) is 19.0. The monoisotopic (exact) mass is 389 g/mol. The molecule has 7 heteroatoms. The normalized spacial score (nSPS) is 13.7. The van der Waals surface area contributed by atoms with Gasteiger partial charge in [0, 0.05) is 24.3 Å². The Morgan fingerprint density at radius 2 is 1.88 bits per heavy atom. The van der Waals surface area contributed by atoms with Crippen molar-refractivity contribution in [1.82, 2.24) is 10.2 Å². The molecule has 1 aromatic heterocycles. The van der Waals surface area contributed by atoms with Gasteiger partial charge in [-0.2, -0.15) is 0 Å². The molecule has 3 rings (SSSR count). The molecule has 138 valence electrons. The fourth-order valence-corrected chi connectivity index (χ4v) is 5.51. The number of hydrogen-bond acceptors (Lipinski definition) is 6. The van der Waals surface area contributed by atoms with Gasteiger partial charge in [0.1, 0.15) is 0 Å². The van der Waals surface area contributed by atoms with E-state index < -0.39 is 0 Å². The standard InChI is InChI=1S/C19H23N3O2S2/c1-10-8-11(2)17(13(4)23)12(3)16(10)9-25-19-21-20-18(26-19)22(14(5)24)15-6-7-15/h8,15H,6-7,9H2,1-5H3. The van der Waals surface area contributed by atoms with Crippen molar-refractivity contribution in [3.8, 4) is 0 Å². The molecule has 1 aromatic carbocycles. The third kappa shape index (κ3) is 3.83. The van der Waals surface area contributed by atoms with Crippen LogP contribution in [0.3, 0.4) is 0 Å². The van der Waals surface area contributed by atoms with Crippen molar-refractivity contribution < 1.29 is 9.59 Å². The Balaban J connectivity index is 1.79. The lowest BCUT2D eigenvalue weighted by Gasteiger charge is -2.16. The van der Waals surface area contributed by atoms with Crippen LogP contribution in [0.5, 0.6) is 0 Å². The van der Waals surface area contributed by atoms with Gasteiger partial charge in [0.2, 0.25) is 11.0 Å². The van der Waals surface area contributed by atoms with Crippen molar-refractivity contribution in [2.75, 3.05) is 4.90 Å².